The molecule has 0 N–H and O–H groups in total. The van der Waals surface area contributed by atoms with E-state index in [1.54, 1.807) is 25.1 Å². The number of benzene rings is 3. The van der Waals surface area contributed by atoms with Crippen LogP contribution in [0.4, 0.5) is 26.3 Å². The topological polar surface area (TPSA) is 42.0 Å². The first-order valence-corrected chi connectivity index (χ1v) is 11.7. The number of rotatable bonds is 3. The molecule has 0 fully saturated rings. The summed E-state index contributed by atoms with van der Waals surface area (Å²) in [6.45, 7) is 1.72. The minimum Gasteiger partial charge on any atom is -0.489 e. The van der Waals surface area contributed by atoms with Crippen molar-refractivity contribution in [1.29, 1.82) is 0 Å². The van der Waals surface area contributed by atoms with E-state index in [1.165, 1.54) is 36.4 Å². The van der Waals surface area contributed by atoms with Gasteiger partial charge in [-0.1, -0.05) is 11.8 Å². The fourth-order valence-corrected chi connectivity index (χ4v) is 3.43. The van der Waals surface area contributed by atoms with Crippen LogP contribution in [0, 0.1) is 30.6 Å². The van der Waals surface area contributed by atoms with Gasteiger partial charge < -0.3 is 4.74 Å². The van der Waals surface area contributed by atoms with Gasteiger partial charge in [0.2, 0.25) is 0 Å². The van der Waals surface area contributed by atoms with Crippen LogP contribution in [0.25, 0.3) is 0 Å². The highest BCUT2D eigenvalue weighted by molar-refractivity contribution is 5.47. The number of aryl methyl sites for hydroxylation is 1. The first-order valence-electron chi connectivity index (χ1n) is 11.7. The smallest absolute Gasteiger partial charge is 0.416 e. The molecule has 0 aliphatic carbocycles. The van der Waals surface area contributed by atoms with Crippen molar-refractivity contribution in [2.75, 3.05) is 0 Å². The van der Waals surface area contributed by atoms with E-state index in [0.29, 0.717) is 28.0 Å². The SMILES string of the molecule is Cc1cc(OCc2cc(C#Cc3ccc(C(F)(F)F)cc3)nc(C#Cc3ccc(C(F)(F)F)cc3)c2)ccc1[O]. The molecule has 0 spiro atoms. The molecule has 1 heterocycles. The molecule has 0 aliphatic heterocycles. The number of pyridine rings is 1. The molecule has 4 rings (SSSR count). The van der Waals surface area contributed by atoms with Crippen molar-refractivity contribution < 1.29 is 36.2 Å². The number of ether oxygens (including phenoxy) is 1. The summed E-state index contributed by atoms with van der Waals surface area (Å²) < 4.78 is 82.7. The Balaban J connectivity index is 1.63. The Bertz CT molecular complexity index is 1540. The van der Waals surface area contributed by atoms with Gasteiger partial charge in [-0.3, -0.25) is 5.11 Å². The summed E-state index contributed by atoms with van der Waals surface area (Å²) in [6.07, 6.45) is -8.93. The summed E-state index contributed by atoms with van der Waals surface area (Å²) in [5, 5.41) is 11.6. The Morgan fingerprint density at radius 2 is 1.15 bits per heavy atom. The monoisotopic (exact) mass is 550 g/mol. The van der Waals surface area contributed by atoms with E-state index in [1.807, 2.05) is 0 Å². The van der Waals surface area contributed by atoms with Crippen LogP contribution in [0.3, 0.4) is 0 Å². The number of hydrogen-bond acceptors (Lipinski definition) is 2. The summed E-state index contributed by atoms with van der Waals surface area (Å²) in [4.78, 5) is 4.35. The molecule has 0 aliphatic rings. The van der Waals surface area contributed by atoms with Gasteiger partial charge >= 0.3 is 12.4 Å². The standard InChI is InChI=1S/C31H18F6NO2/c1-20-16-28(14-15-29(20)39)40-19-23-17-26(12-6-21-2-8-24(9-3-21)30(32,33)34)38-27(18-23)13-7-22-4-10-25(11-5-22)31(35,36)37/h2-5,8-11,14-18H,19H2,1H3. The minimum absolute atomic E-state index is 0.0596. The maximum absolute atomic E-state index is 12.8. The molecular weight excluding hydrogens is 532 g/mol. The van der Waals surface area contributed by atoms with Crippen LogP contribution in [0.15, 0.2) is 78.9 Å². The van der Waals surface area contributed by atoms with Crippen LogP contribution in [0.1, 0.15) is 44.8 Å². The molecule has 0 saturated carbocycles. The zero-order valence-electron chi connectivity index (χ0n) is 20.7. The molecule has 0 unspecified atom stereocenters. The average Bonchev–Trinajstić information content (AvgIpc) is 2.91. The van der Waals surface area contributed by atoms with E-state index in [0.717, 1.165) is 24.3 Å². The van der Waals surface area contributed by atoms with Gasteiger partial charge in [0.1, 0.15) is 23.7 Å². The van der Waals surface area contributed by atoms with Crippen LogP contribution in [-0.4, -0.2) is 4.98 Å². The molecule has 0 amide bonds. The van der Waals surface area contributed by atoms with Crippen LogP contribution in [-0.2, 0) is 24.1 Å². The molecule has 1 aromatic heterocycles. The van der Waals surface area contributed by atoms with Gasteiger partial charge in [-0.2, -0.15) is 26.3 Å². The maximum atomic E-state index is 12.8. The van der Waals surface area contributed by atoms with E-state index in [9.17, 15) is 31.4 Å². The largest absolute Gasteiger partial charge is 0.489 e. The summed E-state index contributed by atoms with van der Waals surface area (Å²) in [7, 11) is 0. The van der Waals surface area contributed by atoms with E-state index in [4.69, 9.17) is 4.74 Å². The normalized spacial score (nSPS) is 11.2. The molecule has 40 heavy (non-hydrogen) atoms. The first-order chi connectivity index (χ1) is 18.9. The lowest BCUT2D eigenvalue weighted by atomic mass is 10.1. The van der Waals surface area contributed by atoms with Crippen molar-refractivity contribution in [2.45, 2.75) is 25.9 Å². The Labute approximate surface area is 226 Å². The quantitative estimate of drug-likeness (QED) is 0.192. The lowest BCUT2D eigenvalue weighted by Crippen LogP contribution is -2.04. The van der Waals surface area contributed by atoms with Crippen molar-refractivity contribution in [3.63, 3.8) is 0 Å². The van der Waals surface area contributed by atoms with Gasteiger partial charge in [0.05, 0.1) is 11.1 Å². The van der Waals surface area contributed by atoms with Crippen LogP contribution >= 0.6 is 0 Å². The second-order valence-electron chi connectivity index (χ2n) is 8.61. The lowest BCUT2D eigenvalue weighted by Gasteiger charge is -2.08. The van der Waals surface area contributed by atoms with Gasteiger partial charge in [-0.25, -0.2) is 4.98 Å². The van der Waals surface area contributed by atoms with E-state index < -0.39 is 23.5 Å². The van der Waals surface area contributed by atoms with Crippen LogP contribution in [0.2, 0.25) is 0 Å². The molecule has 9 heteroatoms. The second kappa shape index (κ2) is 11.5. The van der Waals surface area contributed by atoms with Crippen LogP contribution in [0.5, 0.6) is 11.5 Å². The van der Waals surface area contributed by atoms with Gasteiger partial charge in [0.25, 0.3) is 0 Å². The van der Waals surface area contributed by atoms with Gasteiger partial charge in [-0.05, 0) is 103 Å². The van der Waals surface area contributed by atoms with Crippen molar-refractivity contribution >= 4 is 0 Å². The molecular formula is C31H18F6NO2. The highest BCUT2D eigenvalue weighted by atomic mass is 19.4. The number of aromatic nitrogens is 1. The molecule has 201 valence electrons. The Morgan fingerprint density at radius 1 is 0.675 bits per heavy atom. The van der Waals surface area contributed by atoms with Crippen LogP contribution < -0.4 is 4.74 Å². The Hall–Kier alpha value is -4.89. The highest BCUT2D eigenvalue weighted by Crippen LogP contribution is 2.30. The third-order valence-electron chi connectivity index (χ3n) is 5.53. The number of alkyl halides is 6. The van der Waals surface area contributed by atoms with E-state index >= 15 is 0 Å². The van der Waals surface area contributed by atoms with Crippen molar-refractivity contribution in [3.05, 3.63) is 124 Å². The summed E-state index contributed by atoms with van der Waals surface area (Å²) in [6, 6.07) is 16.5. The minimum atomic E-state index is -4.46. The number of hydrogen-bond donors (Lipinski definition) is 0. The summed E-state index contributed by atoms with van der Waals surface area (Å²) in [5.41, 5.74) is 0.704. The molecule has 1 radical (unpaired) electrons. The Kier molecular flexibility index (Phi) is 8.06. The highest BCUT2D eigenvalue weighted by Gasteiger charge is 2.30. The zero-order chi connectivity index (χ0) is 28.9. The van der Waals surface area contributed by atoms with Gasteiger partial charge in [-0.15, -0.1) is 0 Å². The molecule has 3 nitrogen and oxygen atoms in total. The molecule has 0 bridgehead atoms. The lowest BCUT2D eigenvalue weighted by molar-refractivity contribution is -0.138. The molecule has 4 aromatic rings. The predicted molar refractivity (Wildman–Crippen MR) is 135 cm³/mol. The average molecular weight is 550 g/mol. The summed E-state index contributed by atoms with van der Waals surface area (Å²) >= 11 is 0. The van der Waals surface area contributed by atoms with Crippen molar-refractivity contribution in [1.82, 2.24) is 4.98 Å². The number of nitrogens with zero attached hydrogens (tertiary/aromatic N) is 1. The predicted octanol–water partition coefficient (Wildman–Crippen LogP) is 7.95. The fraction of sp³-hybridized carbons (Fsp3) is 0.129. The van der Waals surface area contributed by atoms with Gasteiger partial charge in [0, 0.05) is 16.7 Å². The van der Waals surface area contributed by atoms with Gasteiger partial charge in [0.15, 0.2) is 5.75 Å². The maximum Gasteiger partial charge on any atom is 0.416 e. The first kappa shape index (κ1) is 28.1. The molecule has 3 aromatic carbocycles. The van der Waals surface area contributed by atoms with Crippen molar-refractivity contribution in [2.24, 2.45) is 0 Å². The fourth-order valence-electron chi connectivity index (χ4n) is 3.43. The third-order valence-corrected chi connectivity index (χ3v) is 5.53. The number of halogens is 6. The second-order valence-corrected chi connectivity index (χ2v) is 8.61. The van der Waals surface area contributed by atoms with E-state index in [2.05, 4.69) is 28.7 Å². The summed E-state index contributed by atoms with van der Waals surface area (Å²) in [5.74, 6) is 11.5. The Morgan fingerprint density at radius 3 is 1.57 bits per heavy atom. The van der Waals surface area contributed by atoms with E-state index in [-0.39, 0.29) is 23.7 Å². The zero-order valence-corrected chi connectivity index (χ0v) is 20.7. The molecule has 0 atom stereocenters. The third kappa shape index (κ3) is 7.58. The van der Waals surface area contributed by atoms with Crippen molar-refractivity contribution in [3.8, 4) is 35.2 Å². The molecule has 0 saturated heterocycles.